The smallest absolute Gasteiger partial charge is 0.372 e. The molecule has 2 atom stereocenters. The number of carbonyl (C=O) groups excluding carboxylic acids is 2. The van der Waals surface area contributed by atoms with E-state index in [-0.39, 0.29) is 11.6 Å². The van der Waals surface area contributed by atoms with E-state index >= 15 is 0 Å². The Morgan fingerprint density at radius 1 is 1.05 bits per heavy atom. The average molecular weight is 305 g/mol. The fourth-order valence-corrected chi connectivity index (χ4v) is 5.43. The maximum absolute atomic E-state index is 12.2. The van der Waals surface area contributed by atoms with Gasteiger partial charge in [0.05, 0.1) is 0 Å². The first-order valence-electron chi connectivity index (χ1n) is 6.95. The van der Waals surface area contributed by atoms with Crippen molar-refractivity contribution in [2.45, 2.75) is 46.7 Å². The Kier molecular flexibility index (Phi) is 7.75. The number of carbonyl (C=O) groups is 2. The van der Waals surface area contributed by atoms with Gasteiger partial charge in [0.25, 0.3) is 0 Å². The van der Waals surface area contributed by atoms with Crippen molar-refractivity contribution in [1.29, 1.82) is 0 Å². The molecular weight excluding hydrogens is 278 g/mol. The van der Waals surface area contributed by atoms with Crippen molar-refractivity contribution in [3.8, 4) is 0 Å². The topological polar surface area (TPSA) is 87.8 Å². The summed E-state index contributed by atoms with van der Waals surface area (Å²) in [6, 6.07) is 0. The summed E-state index contributed by atoms with van der Waals surface area (Å²) >= 11 is 0. The van der Waals surface area contributed by atoms with Gasteiger partial charge in [0.1, 0.15) is 5.78 Å². The summed E-state index contributed by atoms with van der Waals surface area (Å²) in [6.07, 6.45) is 0. The van der Waals surface area contributed by atoms with Crippen molar-refractivity contribution in [3.05, 3.63) is 0 Å². The second-order valence-electron chi connectivity index (χ2n) is 4.61. The van der Waals surface area contributed by atoms with E-state index in [0.29, 0.717) is 19.8 Å². The molecule has 0 radical (unpaired) electrons. The molecule has 118 valence electrons. The van der Waals surface area contributed by atoms with Crippen LogP contribution in [0, 0.1) is 5.92 Å². The highest BCUT2D eigenvalue weighted by atomic mass is 28.4. The molecule has 7 heteroatoms. The second-order valence-corrected chi connectivity index (χ2v) is 7.42. The van der Waals surface area contributed by atoms with E-state index in [4.69, 9.17) is 19.0 Å². The van der Waals surface area contributed by atoms with Crippen molar-refractivity contribution in [2.75, 3.05) is 19.8 Å². The zero-order valence-electron chi connectivity index (χ0n) is 13.3. The van der Waals surface area contributed by atoms with Crippen LogP contribution in [0.5, 0.6) is 0 Å². The molecule has 0 aliphatic carbocycles. The first-order chi connectivity index (χ1) is 9.23. The highest BCUT2D eigenvalue weighted by Crippen LogP contribution is 2.31. The highest BCUT2D eigenvalue weighted by molar-refractivity contribution is 6.69. The lowest BCUT2D eigenvalue weighted by Gasteiger charge is -2.43. The fourth-order valence-electron chi connectivity index (χ4n) is 2.16. The third-order valence-corrected chi connectivity index (χ3v) is 7.19. The Hall–Kier alpha value is -0.603. The summed E-state index contributed by atoms with van der Waals surface area (Å²) in [5.74, 6) is -1.29. The second kappa shape index (κ2) is 7.99. The van der Waals surface area contributed by atoms with Crippen LogP contribution in [0.2, 0.25) is 0 Å². The summed E-state index contributed by atoms with van der Waals surface area (Å²) in [6.45, 7) is 10.6. The molecule has 6 nitrogen and oxygen atoms in total. The van der Waals surface area contributed by atoms with Gasteiger partial charge in [0, 0.05) is 25.7 Å². The number of nitrogens with two attached hydrogens (primary N) is 1. The molecule has 0 spiro atoms. The number of ketones is 2. The van der Waals surface area contributed by atoms with Crippen LogP contribution in [0.3, 0.4) is 0 Å². The monoisotopic (exact) mass is 305 g/mol. The van der Waals surface area contributed by atoms with Crippen LogP contribution < -0.4 is 5.73 Å². The average Bonchev–Trinajstić information content (AvgIpc) is 2.37. The van der Waals surface area contributed by atoms with Crippen molar-refractivity contribution >= 4 is 20.4 Å². The van der Waals surface area contributed by atoms with Crippen LogP contribution in [-0.2, 0) is 22.9 Å². The maximum Gasteiger partial charge on any atom is 0.530 e. The minimum Gasteiger partial charge on any atom is -0.372 e. The van der Waals surface area contributed by atoms with Gasteiger partial charge in [-0.2, -0.15) is 0 Å². The normalized spacial score (nSPS) is 16.6. The van der Waals surface area contributed by atoms with Gasteiger partial charge in [-0.05, 0) is 34.6 Å². The number of hydrogen-bond acceptors (Lipinski definition) is 6. The zero-order valence-corrected chi connectivity index (χ0v) is 14.3. The van der Waals surface area contributed by atoms with Crippen LogP contribution in [0.4, 0.5) is 0 Å². The van der Waals surface area contributed by atoms with Crippen LogP contribution in [0.25, 0.3) is 0 Å². The third kappa shape index (κ3) is 3.53. The van der Waals surface area contributed by atoms with Gasteiger partial charge in [-0.1, -0.05) is 6.92 Å². The molecule has 0 bridgehead atoms. The third-order valence-electron chi connectivity index (χ3n) is 3.39. The van der Waals surface area contributed by atoms with Crippen LogP contribution >= 0.6 is 0 Å². The molecule has 0 rings (SSSR count). The van der Waals surface area contributed by atoms with E-state index in [1.54, 1.807) is 27.7 Å². The Balaban J connectivity index is 5.97. The first kappa shape index (κ1) is 19.4. The van der Waals surface area contributed by atoms with Crippen molar-refractivity contribution in [1.82, 2.24) is 0 Å². The molecule has 0 aliphatic heterocycles. The molecule has 0 heterocycles. The predicted octanol–water partition coefficient (Wildman–Crippen LogP) is 1.09. The molecule has 0 aliphatic rings. The Morgan fingerprint density at radius 2 is 1.40 bits per heavy atom. The van der Waals surface area contributed by atoms with E-state index in [2.05, 4.69) is 0 Å². The van der Waals surface area contributed by atoms with Crippen molar-refractivity contribution in [2.24, 2.45) is 11.7 Å². The van der Waals surface area contributed by atoms with Gasteiger partial charge >= 0.3 is 8.80 Å². The summed E-state index contributed by atoms with van der Waals surface area (Å²) in [5, 5.41) is -1.57. The van der Waals surface area contributed by atoms with Gasteiger partial charge in [-0.3, -0.25) is 9.59 Å². The summed E-state index contributed by atoms with van der Waals surface area (Å²) in [5.41, 5.74) is 6.34. The van der Waals surface area contributed by atoms with Gasteiger partial charge in [-0.25, -0.2) is 0 Å². The molecule has 0 aromatic heterocycles. The van der Waals surface area contributed by atoms with E-state index < -0.39 is 19.9 Å². The molecule has 0 amide bonds. The lowest BCUT2D eigenvalue weighted by Crippen LogP contribution is -2.76. The van der Waals surface area contributed by atoms with Crippen molar-refractivity contribution in [3.63, 3.8) is 0 Å². The first-order valence-corrected chi connectivity index (χ1v) is 8.68. The van der Waals surface area contributed by atoms with Gasteiger partial charge < -0.3 is 19.0 Å². The van der Waals surface area contributed by atoms with Gasteiger partial charge in [0.15, 0.2) is 10.9 Å². The number of Topliss-reactive ketones (excluding diaryl/α,β-unsaturated/α-hetero) is 2. The predicted molar refractivity (Wildman–Crippen MR) is 78.1 cm³/mol. The summed E-state index contributed by atoms with van der Waals surface area (Å²) in [7, 11) is -3.53. The minimum absolute atomic E-state index is 0.196. The van der Waals surface area contributed by atoms with Crippen LogP contribution in [0.1, 0.15) is 41.5 Å². The van der Waals surface area contributed by atoms with E-state index in [1.807, 2.05) is 0 Å². The van der Waals surface area contributed by atoms with Gasteiger partial charge in [-0.15, -0.1) is 0 Å². The molecular formula is C13H27NO5Si. The Labute approximate surface area is 122 Å². The van der Waals surface area contributed by atoms with E-state index in [0.717, 1.165) is 0 Å². The molecule has 20 heavy (non-hydrogen) atoms. The highest BCUT2D eigenvalue weighted by Gasteiger charge is 2.65. The zero-order chi connectivity index (χ0) is 16.0. The molecule has 0 aromatic carbocycles. The lowest BCUT2D eigenvalue weighted by atomic mass is 9.95. The molecule has 0 saturated heterocycles. The fraction of sp³-hybridized carbons (Fsp3) is 0.846. The molecule has 0 aromatic rings. The van der Waals surface area contributed by atoms with Gasteiger partial charge in [0.2, 0.25) is 0 Å². The van der Waals surface area contributed by atoms with Crippen LogP contribution in [0.15, 0.2) is 0 Å². The maximum atomic E-state index is 12.2. The van der Waals surface area contributed by atoms with Crippen LogP contribution in [-0.4, -0.2) is 45.4 Å². The lowest BCUT2D eigenvalue weighted by molar-refractivity contribution is -0.131. The van der Waals surface area contributed by atoms with E-state index in [9.17, 15) is 9.59 Å². The molecule has 0 saturated carbocycles. The number of rotatable bonds is 10. The van der Waals surface area contributed by atoms with Crippen molar-refractivity contribution < 1.29 is 22.9 Å². The molecule has 2 unspecified atom stereocenters. The largest absolute Gasteiger partial charge is 0.530 e. The molecule has 0 fully saturated rings. The molecule has 2 N–H and O–H groups in total. The summed E-state index contributed by atoms with van der Waals surface area (Å²) in [4.78, 5) is 24.0. The summed E-state index contributed by atoms with van der Waals surface area (Å²) < 4.78 is 17.1. The van der Waals surface area contributed by atoms with E-state index in [1.165, 1.54) is 13.8 Å². The standard InChI is InChI=1S/C13H27NO5Si/c1-7-17-20(18-8-2,19-9-3)13(14,12(6)16)10(4)11(5)15/h10H,7-9,14H2,1-6H3. The Morgan fingerprint density at radius 3 is 1.60 bits per heavy atom. The SMILES string of the molecule is CCO[Si](OCC)(OCC)C(N)(C(C)=O)C(C)C(C)=O. The minimum atomic E-state index is -3.53. The number of hydrogen-bond donors (Lipinski definition) is 1. The quantitative estimate of drug-likeness (QED) is 0.608. The Bertz CT molecular complexity index is 333.